The average molecular weight is 237 g/mol. The highest BCUT2D eigenvalue weighted by Crippen LogP contribution is 2.12. The van der Waals surface area contributed by atoms with E-state index >= 15 is 0 Å². The van der Waals surface area contributed by atoms with Crippen LogP contribution < -0.4 is 5.32 Å². The fourth-order valence-electron chi connectivity index (χ4n) is 2.23. The van der Waals surface area contributed by atoms with Crippen LogP contribution in [-0.4, -0.2) is 12.6 Å². The van der Waals surface area contributed by atoms with Crippen LogP contribution in [0.25, 0.3) is 0 Å². The highest BCUT2D eigenvalue weighted by Gasteiger charge is 2.08. The standard InChI is InChI=1S/C15H27NO/c1-3-5-6-7-9-14(16-4-2)11-12-15-10-8-13-17-15/h8,10,13-14,16H,3-7,9,11-12H2,1-2H3. The normalized spacial score (nSPS) is 12.8. The quantitative estimate of drug-likeness (QED) is 0.618. The van der Waals surface area contributed by atoms with Gasteiger partial charge in [0.05, 0.1) is 6.26 Å². The van der Waals surface area contributed by atoms with E-state index in [0.717, 1.165) is 18.7 Å². The fourth-order valence-corrected chi connectivity index (χ4v) is 2.23. The molecule has 0 aliphatic rings. The van der Waals surface area contributed by atoms with Gasteiger partial charge in [0.2, 0.25) is 0 Å². The minimum Gasteiger partial charge on any atom is -0.469 e. The SMILES string of the molecule is CCCCCCC(CCc1ccco1)NCC. The number of nitrogens with one attached hydrogen (secondary N) is 1. The lowest BCUT2D eigenvalue weighted by molar-refractivity contribution is 0.418. The van der Waals surface area contributed by atoms with E-state index in [9.17, 15) is 0 Å². The molecule has 98 valence electrons. The van der Waals surface area contributed by atoms with Gasteiger partial charge >= 0.3 is 0 Å². The van der Waals surface area contributed by atoms with Gasteiger partial charge in [0.25, 0.3) is 0 Å². The van der Waals surface area contributed by atoms with E-state index in [-0.39, 0.29) is 0 Å². The molecule has 0 saturated carbocycles. The summed E-state index contributed by atoms with van der Waals surface area (Å²) in [5.41, 5.74) is 0. The van der Waals surface area contributed by atoms with Crippen LogP contribution >= 0.6 is 0 Å². The van der Waals surface area contributed by atoms with Gasteiger partial charge in [-0.25, -0.2) is 0 Å². The van der Waals surface area contributed by atoms with Crippen LogP contribution in [0, 0.1) is 0 Å². The molecule has 1 rings (SSSR count). The zero-order valence-electron chi connectivity index (χ0n) is 11.4. The Morgan fingerprint density at radius 3 is 2.71 bits per heavy atom. The van der Waals surface area contributed by atoms with E-state index in [0.29, 0.717) is 6.04 Å². The Morgan fingerprint density at radius 1 is 1.18 bits per heavy atom. The van der Waals surface area contributed by atoms with Crippen molar-refractivity contribution in [2.75, 3.05) is 6.54 Å². The number of aryl methyl sites for hydroxylation is 1. The summed E-state index contributed by atoms with van der Waals surface area (Å²) < 4.78 is 5.38. The van der Waals surface area contributed by atoms with Crippen molar-refractivity contribution in [1.29, 1.82) is 0 Å². The molecule has 2 heteroatoms. The van der Waals surface area contributed by atoms with Crippen molar-refractivity contribution in [1.82, 2.24) is 5.32 Å². The van der Waals surface area contributed by atoms with Gasteiger partial charge in [-0.2, -0.15) is 0 Å². The summed E-state index contributed by atoms with van der Waals surface area (Å²) in [5, 5.41) is 3.58. The van der Waals surface area contributed by atoms with E-state index in [1.165, 1.54) is 38.5 Å². The number of unbranched alkanes of at least 4 members (excludes halogenated alkanes) is 3. The van der Waals surface area contributed by atoms with E-state index < -0.39 is 0 Å². The minimum atomic E-state index is 0.655. The van der Waals surface area contributed by atoms with Crippen LogP contribution in [0.15, 0.2) is 22.8 Å². The Bertz CT molecular complexity index is 256. The summed E-state index contributed by atoms with van der Waals surface area (Å²) >= 11 is 0. The third kappa shape index (κ3) is 6.52. The molecular weight excluding hydrogens is 210 g/mol. The fraction of sp³-hybridized carbons (Fsp3) is 0.733. The van der Waals surface area contributed by atoms with Gasteiger partial charge in [-0.05, 0) is 31.5 Å². The second-order valence-corrected chi connectivity index (χ2v) is 4.72. The lowest BCUT2D eigenvalue weighted by Crippen LogP contribution is -2.29. The molecule has 1 atom stereocenters. The van der Waals surface area contributed by atoms with Gasteiger partial charge in [-0.1, -0.05) is 39.5 Å². The zero-order valence-corrected chi connectivity index (χ0v) is 11.4. The molecule has 0 spiro atoms. The number of hydrogen-bond donors (Lipinski definition) is 1. The van der Waals surface area contributed by atoms with E-state index in [1.807, 2.05) is 6.07 Å². The first-order valence-corrected chi connectivity index (χ1v) is 7.12. The van der Waals surface area contributed by atoms with Crippen molar-refractivity contribution in [3.05, 3.63) is 24.2 Å². The lowest BCUT2D eigenvalue weighted by Gasteiger charge is -2.17. The number of rotatable bonds is 10. The molecule has 1 aromatic rings. The van der Waals surface area contributed by atoms with Crippen molar-refractivity contribution in [2.45, 2.75) is 64.8 Å². The molecule has 0 aliphatic heterocycles. The van der Waals surface area contributed by atoms with Crippen molar-refractivity contribution in [3.63, 3.8) is 0 Å². The van der Waals surface area contributed by atoms with Crippen LogP contribution in [0.2, 0.25) is 0 Å². The number of hydrogen-bond acceptors (Lipinski definition) is 2. The second-order valence-electron chi connectivity index (χ2n) is 4.72. The maximum Gasteiger partial charge on any atom is 0.103 e. The molecule has 1 unspecified atom stereocenters. The zero-order chi connectivity index (χ0) is 12.3. The summed E-state index contributed by atoms with van der Waals surface area (Å²) in [6.45, 7) is 5.52. The summed E-state index contributed by atoms with van der Waals surface area (Å²) in [7, 11) is 0. The monoisotopic (exact) mass is 237 g/mol. The van der Waals surface area contributed by atoms with Crippen molar-refractivity contribution in [2.24, 2.45) is 0 Å². The highest BCUT2D eigenvalue weighted by molar-refractivity contribution is 4.98. The molecule has 0 fully saturated rings. The second kappa shape index (κ2) is 9.29. The average Bonchev–Trinajstić information content (AvgIpc) is 2.84. The Kier molecular flexibility index (Phi) is 7.81. The van der Waals surface area contributed by atoms with Gasteiger partial charge in [0.15, 0.2) is 0 Å². The first kappa shape index (κ1) is 14.3. The minimum absolute atomic E-state index is 0.655. The molecule has 1 heterocycles. The molecule has 0 radical (unpaired) electrons. The Hall–Kier alpha value is -0.760. The third-order valence-corrected chi connectivity index (χ3v) is 3.22. The largest absolute Gasteiger partial charge is 0.469 e. The molecule has 0 aliphatic carbocycles. The molecule has 0 saturated heterocycles. The summed E-state index contributed by atoms with van der Waals surface area (Å²) in [6.07, 6.45) is 10.7. The van der Waals surface area contributed by atoms with Crippen molar-refractivity contribution < 1.29 is 4.42 Å². The first-order chi connectivity index (χ1) is 8.36. The van der Waals surface area contributed by atoms with Crippen LogP contribution in [0.3, 0.4) is 0 Å². The topological polar surface area (TPSA) is 25.2 Å². The van der Waals surface area contributed by atoms with Gasteiger partial charge in [-0.15, -0.1) is 0 Å². The smallest absolute Gasteiger partial charge is 0.103 e. The lowest BCUT2D eigenvalue weighted by atomic mass is 10.0. The molecule has 0 aromatic carbocycles. The van der Waals surface area contributed by atoms with Crippen molar-refractivity contribution >= 4 is 0 Å². The Morgan fingerprint density at radius 2 is 2.06 bits per heavy atom. The van der Waals surface area contributed by atoms with E-state index in [2.05, 4.69) is 25.2 Å². The van der Waals surface area contributed by atoms with Gasteiger partial charge in [-0.3, -0.25) is 0 Å². The van der Waals surface area contributed by atoms with Crippen LogP contribution in [-0.2, 0) is 6.42 Å². The summed E-state index contributed by atoms with van der Waals surface area (Å²) in [6, 6.07) is 4.70. The molecule has 0 amide bonds. The van der Waals surface area contributed by atoms with Crippen molar-refractivity contribution in [3.8, 4) is 0 Å². The maximum absolute atomic E-state index is 5.38. The predicted molar refractivity (Wildman–Crippen MR) is 73.3 cm³/mol. The Labute approximate surface area is 106 Å². The highest BCUT2D eigenvalue weighted by atomic mass is 16.3. The van der Waals surface area contributed by atoms with Crippen LogP contribution in [0.4, 0.5) is 0 Å². The van der Waals surface area contributed by atoms with E-state index in [4.69, 9.17) is 4.42 Å². The van der Waals surface area contributed by atoms with Crippen LogP contribution in [0.5, 0.6) is 0 Å². The summed E-state index contributed by atoms with van der Waals surface area (Å²) in [5.74, 6) is 1.11. The molecule has 0 bridgehead atoms. The maximum atomic E-state index is 5.38. The molecular formula is C15H27NO. The summed E-state index contributed by atoms with van der Waals surface area (Å²) in [4.78, 5) is 0. The molecule has 2 nitrogen and oxygen atoms in total. The first-order valence-electron chi connectivity index (χ1n) is 7.12. The van der Waals surface area contributed by atoms with E-state index in [1.54, 1.807) is 6.26 Å². The Balaban J connectivity index is 2.17. The molecule has 1 aromatic heterocycles. The predicted octanol–water partition coefficient (Wildman–Crippen LogP) is 4.16. The van der Waals surface area contributed by atoms with Gasteiger partial charge in [0, 0.05) is 12.5 Å². The molecule has 1 N–H and O–H groups in total. The number of furan rings is 1. The van der Waals surface area contributed by atoms with Gasteiger partial charge < -0.3 is 9.73 Å². The molecule has 17 heavy (non-hydrogen) atoms. The van der Waals surface area contributed by atoms with Gasteiger partial charge in [0.1, 0.15) is 5.76 Å². The third-order valence-electron chi connectivity index (χ3n) is 3.22. The van der Waals surface area contributed by atoms with Crippen LogP contribution in [0.1, 0.15) is 58.1 Å².